The number of hydrogen-bond donors (Lipinski definition) is 0. The van der Waals surface area contributed by atoms with Crippen molar-refractivity contribution in [3.8, 4) is 0 Å². The van der Waals surface area contributed by atoms with E-state index in [4.69, 9.17) is 0 Å². The quantitative estimate of drug-likeness (QED) is 0.0479. The molecule has 0 rings (SSSR count). The molecule has 0 amide bonds. The van der Waals surface area contributed by atoms with Gasteiger partial charge in [-0.2, -0.15) is 7.37 Å². The van der Waals surface area contributed by atoms with Gasteiger partial charge in [0.1, 0.15) is 30.3 Å². The third-order valence-corrected chi connectivity index (χ3v) is 445. The molecule has 0 saturated heterocycles. The molecular formula is H67B4P61. The molecule has 65 heavy (non-hydrogen) atoms. The lowest BCUT2D eigenvalue weighted by molar-refractivity contribution is 4.32. The van der Waals surface area contributed by atoms with Gasteiger partial charge in [0.15, 0.2) is 0 Å². The normalized spacial score (nSPS) is 18.0. The molecule has 0 fully saturated rings. The molecular weight excluding hydrogens is 1930 g/mol. The Balaban J connectivity index is 11.2. The Labute approximate surface area is 506 Å². The van der Waals surface area contributed by atoms with E-state index in [0.717, 1.165) is 8.15 Å². The van der Waals surface area contributed by atoms with Crippen LogP contribution in [0.2, 0.25) is 0 Å². The van der Waals surface area contributed by atoms with Gasteiger partial charge in [-0.3, -0.25) is 0 Å². The highest BCUT2D eigenvalue weighted by Gasteiger charge is 2.62. The summed E-state index contributed by atoms with van der Waals surface area (Å²) < 4.78 is 0. The van der Waals surface area contributed by atoms with Gasteiger partial charge in [0.25, 0.3) is 0 Å². The average molecular weight is 2000 g/mol. The zero-order valence-electron chi connectivity index (χ0n) is 35.1. The molecule has 0 spiro atoms. The van der Waals surface area contributed by atoms with E-state index in [9.17, 15) is 0 Å². The molecule has 0 aromatic rings. The van der Waals surface area contributed by atoms with E-state index in [0.29, 0.717) is 0 Å². The average Bonchev–Trinajstić information content (AvgIpc) is 3.10. The molecule has 0 aromatic carbocycles. The first-order valence-corrected chi connectivity index (χ1v) is 129. The van der Waals surface area contributed by atoms with E-state index in [1.54, 1.807) is 0 Å². The lowest BCUT2D eigenvalue weighted by Crippen LogP contribution is -1.75. The Kier molecular flexibility index (Phi) is 70.3. The van der Waals surface area contributed by atoms with Crippen LogP contribution in [0.5, 0.6) is 0 Å². The standard InChI is InChI=1S/B4H67P61/c1-34-36(4)52(37(5)6)60(53(38(7)8)39(9)10)64(61(54(40(11)12)41(13)14)55(42(15)16)43(17)18)65(62(56(44(19)20)45(21)22)57(46(23)24)47(25)26)63(58(48(27)28)49(29)30)59(50(31)32)51(33)35(2)3/h34H,1-33H2. The van der Waals surface area contributed by atoms with Gasteiger partial charge < -0.3 is 0 Å². The molecule has 384 valence electrons. The van der Waals surface area contributed by atoms with Crippen LogP contribution in [0.1, 0.15) is 0 Å². The van der Waals surface area contributed by atoms with Crippen LogP contribution in [-0.4, -0.2) is 30.3 Å². The highest BCUT2D eigenvalue weighted by Crippen LogP contribution is 3.49. The summed E-state index contributed by atoms with van der Waals surface area (Å²) in [7, 11) is 117. The summed E-state index contributed by atoms with van der Waals surface area (Å²) in [5, 5.41) is 0. The molecule has 0 heterocycles. The Morgan fingerprint density at radius 2 is 0.338 bits per heavy atom. The second-order valence-corrected chi connectivity index (χ2v) is 267. The monoisotopic (exact) mass is 2000 g/mol. The van der Waals surface area contributed by atoms with Gasteiger partial charge in [0.05, 0.1) is 0 Å². The van der Waals surface area contributed by atoms with Crippen LogP contribution in [0.25, 0.3) is 0 Å². The maximum atomic E-state index is 3.77. The van der Waals surface area contributed by atoms with Gasteiger partial charge in [-0.1, -0.05) is 0 Å². The van der Waals surface area contributed by atoms with Crippen molar-refractivity contribution in [1.82, 2.24) is 0 Å². The topological polar surface area (TPSA) is 0 Å². The fourth-order valence-electron chi connectivity index (χ4n) is 4.01. The smallest absolute Gasteiger partial charge is 0.144 e. The van der Waals surface area contributed by atoms with Gasteiger partial charge in [-0.15, -0.1) is 274 Å². The van der Waals surface area contributed by atoms with Crippen molar-refractivity contribution in [2.75, 3.05) is 0 Å². The molecule has 0 aromatic heterocycles. The maximum absolute atomic E-state index is 3.77. The van der Waals surface area contributed by atoms with E-state index in [1.807, 2.05) is 0 Å². The predicted octanol–water partition coefficient (Wildman–Crippen LogP) is 33.1. The Bertz CT molecular complexity index is 1140. The first-order valence-electron chi connectivity index (χ1n) is 15.6. The van der Waals surface area contributed by atoms with Crippen molar-refractivity contribution < 1.29 is 0 Å². The summed E-state index contributed by atoms with van der Waals surface area (Å²) in [6, 6.07) is 0. The van der Waals surface area contributed by atoms with Gasteiger partial charge in [-0.05, 0) is 203 Å². The second-order valence-electron chi connectivity index (χ2n) is 11.0. The van der Waals surface area contributed by atoms with Crippen molar-refractivity contribution in [3.05, 3.63) is 0 Å². The molecule has 0 bridgehead atoms. The molecule has 38 atom stereocenters. The van der Waals surface area contributed by atoms with Crippen molar-refractivity contribution in [1.29, 1.82) is 0 Å². The molecule has 0 N–H and O–H groups in total. The SMILES string of the molecule is BPP(B)P(P(P)P)P(P(P(P)P)P(P)P)P(P(P(P(P)P)P(P)P)P(P(P)P)P(P)P)P(P(P(P(P)P)P(P)P)P(P(P)P)P(P)P)P(P(P(P)P)P(P)P)P(P(P)P)P(P)P(B)B. The molecule has 0 radical (unpaired) electrons. The Morgan fingerprint density at radius 3 is 0.477 bits per heavy atom. The third kappa shape index (κ3) is 32.1. The summed E-state index contributed by atoms with van der Waals surface area (Å²) in [5.74, 6) is 0. The summed E-state index contributed by atoms with van der Waals surface area (Å²) in [6.45, 7) is -6.59. The van der Waals surface area contributed by atoms with Gasteiger partial charge in [-0.25, -0.2) is 0 Å². The fourth-order valence-corrected chi connectivity index (χ4v) is 904. The maximum Gasteiger partial charge on any atom is 0.144 e. The molecule has 65 heteroatoms. The molecule has 0 aliphatic heterocycles. The first-order chi connectivity index (χ1) is 29.6. The van der Waals surface area contributed by atoms with Crippen LogP contribution >= 0.6 is 484 Å². The number of hydrogen-bond acceptors (Lipinski definition) is 0. The zero-order chi connectivity index (χ0) is 51.6. The van der Waals surface area contributed by atoms with E-state index in [2.05, 4.69) is 289 Å². The molecule has 0 aliphatic rings. The van der Waals surface area contributed by atoms with Crippen LogP contribution in [-0.2, 0) is 0 Å². The highest BCUT2D eigenvalue weighted by atomic mass is 33.6. The summed E-state index contributed by atoms with van der Waals surface area (Å²) in [4.78, 5) is 0. The predicted molar refractivity (Wildman–Crippen MR) is 539 cm³/mol. The Hall–Kier alpha value is 26.5. The van der Waals surface area contributed by atoms with Gasteiger partial charge in [0.2, 0.25) is 0 Å². The van der Waals surface area contributed by atoms with Crippen LogP contribution in [0, 0.1) is 0 Å². The van der Waals surface area contributed by atoms with Crippen LogP contribution < -0.4 is 0 Å². The molecule has 0 nitrogen and oxygen atoms in total. The highest BCUT2D eigenvalue weighted by molar-refractivity contribution is 9.55. The number of rotatable bonds is 31. The van der Waals surface area contributed by atoms with Crippen LogP contribution in [0.4, 0.5) is 0 Å². The summed E-state index contributed by atoms with van der Waals surface area (Å²) in [5.41, 5.74) is 0. The largest absolute Gasteiger partial charge is 0.154 e. The molecule has 0 aliphatic carbocycles. The van der Waals surface area contributed by atoms with Crippen LogP contribution in [0.15, 0.2) is 0 Å². The molecule has 0 saturated carbocycles. The van der Waals surface area contributed by atoms with Crippen molar-refractivity contribution >= 4 is 515 Å². The van der Waals surface area contributed by atoms with Crippen molar-refractivity contribution in [3.63, 3.8) is 0 Å². The minimum Gasteiger partial charge on any atom is -0.154 e. The van der Waals surface area contributed by atoms with Gasteiger partial charge >= 0.3 is 0 Å². The van der Waals surface area contributed by atoms with E-state index in [1.165, 1.54) is 0 Å². The zero-order valence-corrected chi connectivity index (χ0v) is 97.3. The fraction of sp³-hybridized carbons (Fsp3) is 0. The van der Waals surface area contributed by atoms with E-state index in [-0.39, 0.29) is 217 Å². The van der Waals surface area contributed by atoms with E-state index < -0.39 is 0 Å². The summed E-state index contributed by atoms with van der Waals surface area (Å²) in [6.07, 6.45) is 0. The van der Waals surface area contributed by atoms with Crippen LogP contribution in [0.3, 0.4) is 0 Å². The second kappa shape index (κ2) is 49.9. The summed E-state index contributed by atoms with van der Waals surface area (Å²) >= 11 is 0. The Morgan fingerprint density at radius 1 is 0.200 bits per heavy atom. The molecule has 38 unspecified atom stereocenters. The lowest BCUT2D eigenvalue weighted by Gasteiger charge is -2.61. The van der Waals surface area contributed by atoms with E-state index >= 15 is 0 Å². The van der Waals surface area contributed by atoms with Crippen molar-refractivity contribution in [2.45, 2.75) is 0 Å². The van der Waals surface area contributed by atoms with Crippen molar-refractivity contribution in [2.24, 2.45) is 0 Å². The minimum atomic E-state index is -0.276. The third-order valence-electron chi connectivity index (χ3n) is 6.16. The first kappa shape index (κ1) is 91.5. The minimum absolute atomic E-state index is 0.0454. The van der Waals surface area contributed by atoms with Gasteiger partial charge in [0, 0.05) is 0 Å². The lowest BCUT2D eigenvalue weighted by atomic mass is 10.7.